The summed E-state index contributed by atoms with van der Waals surface area (Å²) in [5.74, 6) is 0.382. The number of phenolic OH excluding ortho intramolecular Hbond substituents is 1. The SMILES string of the molecule is Cc1ccc(O)c(CN(Cc2ccncc2)C2CC(C)(C)NC(C)(C)C2)c1. The molecule has 0 radical (unpaired) electrons. The molecule has 1 aromatic heterocycles. The van der Waals surface area contributed by atoms with Gasteiger partial charge in [0.05, 0.1) is 0 Å². The summed E-state index contributed by atoms with van der Waals surface area (Å²) in [7, 11) is 0. The zero-order valence-corrected chi connectivity index (χ0v) is 17.3. The Bertz CT molecular complexity index is 754. The van der Waals surface area contributed by atoms with Crippen LogP contribution in [0.1, 0.15) is 57.2 Å². The second-order valence-corrected chi connectivity index (χ2v) is 9.35. The number of rotatable bonds is 5. The van der Waals surface area contributed by atoms with Crippen LogP contribution < -0.4 is 5.32 Å². The van der Waals surface area contributed by atoms with Crippen LogP contribution in [0.15, 0.2) is 42.7 Å². The average Bonchev–Trinajstić information content (AvgIpc) is 2.55. The number of benzene rings is 1. The number of aromatic nitrogens is 1. The maximum Gasteiger partial charge on any atom is 0.120 e. The molecule has 0 bridgehead atoms. The van der Waals surface area contributed by atoms with Crippen LogP contribution in [0.2, 0.25) is 0 Å². The first-order valence-corrected chi connectivity index (χ1v) is 9.84. The third kappa shape index (κ3) is 5.30. The van der Waals surface area contributed by atoms with Gasteiger partial charge < -0.3 is 10.4 Å². The maximum atomic E-state index is 10.4. The number of nitrogens with one attached hydrogen (secondary N) is 1. The fourth-order valence-corrected chi connectivity index (χ4v) is 4.62. The van der Waals surface area contributed by atoms with Gasteiger partial charge in [-0.1, -0.05) is 17.7 Å². The molecule has 1 saturated heterocycles. The van der Waals surface area contributed by atoms with Gasteiger partial charge in [0.15, 0.2) is 0 Å². The Kier molecular flexibility index (Phi) is 5.59. The lowest BCUT2D eigenvalue weighted by atomic mass is 9.78. The Morgan fingerprint density at radius 2 is 1.67 bits per heavy atom. The van der Waals surface area contributed by atoms with Crippen LogP contribution in [-0.2, 0) is 13.1 Å². The van der Waals surface area contributed by atoms with Crippen molar-refractivity contribution in [3.05, 3.63) is 59.4 Å². The van der Waals surface area contributed by atoms with Gasteiger partial charge >= 0.3 is 0 Å². The van der Waals surface area contributed by atoms with Crippen molar-refractivity contribution in [1.29, 1.82) is 0 Å². The van der Waals surface area contributed by atoms with E-state index in [1.807, 2.05) is 24.5 Å². The highest BCUT2D eigenvalue weighted by molar-refractivity contribution is 5.35. The summed E-state index contributed by atoms with van der Waals surface area (Å²) in [5.41, 5.74) is 3.59. The summed E-state index contributed by atoms with van der Waals surface area (Å²) < 4.78 is 0. The van der Waals surface area contributed by atoms with Crippen LogP contribution in [-0.4, -0.2) is 32.1 Å². The van der Waals surface area contributed by atoms with E-state index < -0.39 is 0 Å². The lowest BCUT2D eigenvalue weighted by Gasteiger charge is -2.49. The molecule has 1 aliphatic heterocycles. The van der Waals surface area contributed by atoms with E-state index in [4.69, 9.17) is 0 Å². The largest absolute Gasteiger partial charge is 0.508 e. The Morgan fingerprint density at radius 3 is 2.30 bits per heavy atom. The number of hydrogen-bond acceptors (Lipinski definition) is 4. The second-order valence-electron chi connectivity index (χ2n) is 9.35. The molecule has 0 unspecified atom stereocenters. The molecule has 146 valence electrons. The predicted octanol–water partition coefficient (Wildman–Crippen LogP) is 4.41. The Morgan fingerprint density at radius 1 is 1.04 bits per heavy atom. The van der Waals surface area contributed by atoms with Crippen LogP contribution in [0, 0.1) is 6.92 Å². The van der Waals surface area contributed by atoms with E-state index in [-0.39, 0.29) is 11.1 Å². The number of piperidine rings is 1. The van der Waals surface area contributed by atoms with Crippen LogP contribution in [0.3, 0.4) is 0 Å². The maximum absolute atomic E-state index is 10.4. The van der Waals surface area contributed by atoms with Crippen LogP contribution in [0.5, 0.6) is 5.75 Å². The quantitative estimate of drug-likeness (QED) is 0.822. The van der Waals surface area contributed by atoms with E-state index in [9.17, 15) is 5.11 Å². The average molecular weight is 368 g/mol. The van der Waals surface area contributed by atoms with Gasteiger partial charge in [-0.25, -0.2) is 0 Å². The fraction of sp³-hybridized carbons (Fsp3) is 0.522. The fourth-order valence-electron chi connectivity index (χ4n) is 4.62. The van der Waals surface area contributed by atoms with Gasteiger partial charge in [-0.3, -0.25) is 9.88 Å². The lowest BCUT2D eigenvalue weighted by Crippen LogP contribution is -2.62. The molecule has 2 N–H and O–H groups in total. The summed E-state index contributed by atoms with van der Waals surface area (Å²) in [6.07, 6.45) is 5.87. The van der Waals surface area contributed by atoms with Crippen molar-refractivity contribution in [2.45, 2.75) is 77.7 Å². The van der Waals surface area contributed by atoms with Crippen molar-refractivity contribution in [3.8, 4) is 5.75 Å². The van der Waals surface area contributed by atoms with E-state index in [0.717, 1.165) is 31.5 Å². The third-order valence-electron chi connectivity index (χ3n) is 5.43. The summed E-state index contributed by atoms with van der Waals surface area (Å²) >= 11 is 0. The topological polar surface area (TPSA) is 48.4 Å². The van der Waals surface area contributed by atoms with E-state index in [1.165, 1.54) is 11.1 Å². The van der Waals surface area contributed by atoms with Gasteiger partial charge in [-0.05, 0) is 71.2 Å². The number of nitrogens with zero attached hydrogens (tertiary/aromatic N) is 2. The van der Waals surface area contributed by atoms with Gasteiger partial charge in [0, 0.05) is 48.2 Å². The highest BCUT2D eigenvalue weighted by Crippen LogP contribution is 2.34. The number of pyridine rings is 1. The molecule has 0 amide bonds. The highest BCUT2D eigenvalue weighted by atomic mass is 16.3. The molecule has 0 spiro atoms. The summed E-state index contributed by atoms with van der Waals surface area (Å²) in [6.45, 7) is 12.8. The Labute approximate surface area is 163 Å². The standard InChI is InChI=1S/C23H33N3O/c1-17-6-7-21(27)19(12-17)16-26(15-18-8-10-24-11-9-18)20-13-22(2,3)25-23(4,5)14-20/h6-12,20,25,27H,13-16H2,1-5H3. The first-order valence-electron chi connectivity index (χ1n) is 9.84. The summed E-state index contributed by atoms with van der Waals surface area (Å²) in [4.78, 5) is 6.67. The van der Waals surface area contributed by atoms with Gasteiger partial charge in [0.1, 0.15) is 5.75 Å². The number of hydrogen-bond donors (Lipinski definition) is 2. The van der Waals surface area contributed by atoms with E-state index in [0.29, 0.717) is 11.8 Å². The highest BCUT2D eigenvalue weighted by Gasteiger charge is 2.40. The van der Waals surface area contributed by atoms with Crippen molar-refractivity contribution in [1.82, 2.24) is 15.2 Å². The normalized spacial score (nSPS) is 19.3. The Hall–Kier alpha value is -1.91. The van der Waals surface area contributed by atoms with Gasteiger partial charge in [-0.2, -0.15) is 0 Å². The van der Waals surface area contributed by atoms with Crippen LogP contribution in [0.25, 0.3) is 0 Å². The van der Waals surface area contributed by atoms with Crippen molar-refractivity contribution >= 4 is 0 Å². The van der Waals surface area contributed by atoms with Crippen molar-refractivity contribution in [3.63, 3.8) is 0 Å². The molecule has 0 atom stereocenters. The van der Waals surface area contributed by atoms with Gasteiger partial charge in [0.25, 0.3) is 0 Å². The lowest BCUT2D eigenvalue weighted by molar-refractivity contribution is 0.0559. The zero-order chi connectivity index (χ0) is 19.7. The number of aryl methyl sites for hydroxylation is 1. The van der Waals surface area contributed by atoms with E-state index >= 15 is 0 Å². The zero-order valence-electron chi connectivity index (χ0n) is 17.3. The molecule has 1 fully saturated rings. The smallest absolute Gasteiger partial charge is 0.120 e. The number of aromatic hydroxyl groups is 1. The molecule has 1 aliphatic rings. The molecule has 0 saturated carbocycles. The molecular formula is C23H33N3O. The van der Waals surface area contributed by atoms with Gasteiger partial charge in [-0.15, -0.1) is 0 Å². The summed E-state index contributed by atoms with van der Waals surface area (Å²) in [5, 5.41) is 14.2. The summed E-state index contributed by atoms with van der Waals surface area (Å²) in [6, 6.07) is 10.5. The van der Waals surface area contributed by atoms with Gasteiger partial charge in [0.2, 0.25) is 0 Å². The van der Waals surface area contributed by atoms with E-state index in [2.05, 4.69) is 68.0 Å². The molecular weight excluding hydrogens is 334 g/mol. The van der Waals surface area contributed by atoms with Crippen LogP contribution in [0.4, 0.5) is 0 Å². The first-order chi connectivity index (χ1) is 12.6. The molecule has 4 nitrogen and oxygen atoms in total. The molecule has 4 heteroatoms. The Balaban J connectivity index is 1.90. The molecule has 3 rings (SSSR count). The second kappa shape index (κ2) is 7.61. The molecule has 0 aliphatic carbocycles. The first kappa shape index (κ1) is 19.8. The number of phenols is 1. The third-order valence-corrected chi connectivity index (χ3v) is 5.43. The molecule has 27 heavy (non-hydrogen) atoms. The van der Waals surface area contributed by atoms with Crippen molar-refractivity contribution in [2.24, 2.45) is 0 Å². The monoisotopic (exact) mass is 367 g/mol. The van der Waals surface area contributed by atoms with E-state index in [1.54, 1.807) is 0 Å². The minimum atomic E-state index is 0.0809. The van der Waals surface area contributed by atoms with Crippen molar-refractivity contribution in [2.75, 3.05) is 0 Å². The minimum absolute atomic E-state index is 0.0809. The predicted molar refractivity (Wildman–Crippen MR) is 111 cm³/mol. The minimum Gasteiger partial charge on any atom is -0.508 e. The van der Waals surface area contributed by atoms with Crippen molar-refractivity contribution < 1.29 is 5.11 Å². The molecule has 1 aromatic carbocycles. The molecule has 2 aromatic rings. The molecule has 2 heterocycles. The van der Waals surface area contributed by atoms with Crippen LogP contribution >= 0.6 is 0 Å².